The van der Waals surface area contributed by atoms with Gasteiger partial charge in [0.15, 0.2) is 0 Å². The molecule has 3 rings (SSSR count). The Morgan fingerprint density at radius 2 is 1.66 bits per heavy atom. The van der Waals surface area contributed by atoms with Crippen LogP contribution in [0.4, 0.5) is 4.79 Å². The summed E-state index contributed by atoms with van der Waals surface area (Å²) in [4.78, 5) is 80.5. The Labute approximate surface area is 277 Å². The average Bonchev–Trinajstić information content (AvgIpc) is 3.27. The predicted octanol–water partition coefficient (Wildman–Crippen LogP) is 2.78. The number of carbonyl (C=O) groups is 6. The standard InChI is InChI=1S/C35H51N5O7/c1-11-14-23(27(42)30(44)37-18-24(41)36-17-21-16-13-12-15-20(21)2)38-29(43)26-25-22(35(25,9)10)19-40(26)31(45)28(33(3,4)5)39-32(46)47-34(6,7)8/h11-13,15-16,22-23,25-26,28H,1,14,17-19H2,2-10H3,(H,36,41)(H,37,44)(H,38,43)(H,39,46)/t22?,23?,25?,26-,28+/m0/s1. The molecule has 0 aromatic heterocycles. The van der Waals surface area contributed by atoms with Crippen molar-refractivity contribution in [2.75, 3.05) is 13.1 Å². The molecule has 1 saturated carbocycles. The minimum Gasteiger partial charge on any atom is -0.444 e. The van der Waals surface area contributed by atoms with Crippen molar-refractivity contribution in [3.63, 3.8) is 0 Å². The van der Waals surface area contributed by atoms with E-state index in [1.165, 1.54) is 11.0 Å². The van der Waals surface area contributed by atoms with Gasteiger partial charge in [0.05, 0.1) is 6.54 Å². The quantitative estimate of drug-likeness (QED) is 0.199. The summed E-state index contributed by atoms with van der Waals surface area (Å²) in [6.45, 7) is 20.4. The van der Waals surface area contributed by atoms with Gasteiger partial charge in [-0.3, -0.25) is 24.0 Å². The molecule has 2 fully saturated rings. The highest BCUT2D eigenvalue weighted by atomic mass is 16.6. The molecule has 2 aliphatic rings. The van der Waals surface area contributed by atoms with Gasteiger partial charge >= 0.3 is 6.09 Å². The van der Waals surface area contributed by atoms with Gasteiger partial charge in [0.1, 0.15) is 23.7 Å². The molecule has 0 bridgehead atoms. The fraction of sp³-hybridized carbons (Fsp3) is 0.600. The number of rotatable bonds is 12. The molecule has 12 nitrogen and oxygen atoms in total. The molecule has 0 radical (unpaired) electrons. The van der Waals surface area contributed by atoms with Gasteiger partial charge in [-0.1, -0.05) is 65.0 Å². The Kier molecular flexibility index (Phi) is 11.3. The van der Waals surface area contributed by atoms with E-state index in [0.29, 0.717) is 6.54 Å². The number of hydrogen-bond acceptors (Lipinski definition) is 7. The van der Waals surface area contributed by atoms with Crippen LogP contribution in [0.15, 0.2) is 36.9 Å². The van der Waals surface area contributed by atoms with Gasteiger partial charge in [-0.15, -0.1) is 6.58 Å². The molecule has 258 valence electrons. The fourth-order valence-corrected chi connectivity index (χ4v) is 6.18. The van der Waals surface area contributed by atoms with Crippen LogP contribution in [0.5, 0.6) is 0 Å². The number of hydrogen-bond donors (Lipinski definition) is 4. The molecule has 5 atom stereocenters. The third-order valence-electron chi connectivity index (χ3n) is 8.94. The molecule has 3 unspecified atom stereocenters. The van der Waals surface area contributed by atoms with Crippen LogP contribution in [0, 0.1) is 29.6 Å². The molecule has 1 aromatic rings. The lowest BCUT2D eigenvalue weighted by atomic mass is 9.85. The van der Waals surface area contributed by atoms with Crippen molar-refractivity contribution in [2.24, 2.45) is 22.7 Å². The van der Waals surface area contributed by atoms with E-state index >= 15 is 0 Å². The molecule has 1 heterocycles. The molecular weight excluding hydrogens is 602 g/mol. The summed E-state index contributed by atoms with van der Waals surface area (Å²) in [6.07, 6.45) is 0.621. The fourth-order valence-electron chi connectivity index (χ4n) is 6.18. The normalized spacial score (nSPS) is 21.0. The van der Waals surface area contributed by atoms with E-state index in [1.54, 1.807) is 20.8 Å². The average molecular weight is 654 g/mol. The van der Waals surface area contributed by atoms with E-state index in [0.717, 1.165) is 11.1 Å². The number of likely N-dealkylation sites (tertiary alicyclic amines) is 1. The van der Waals surface area contributed by atoms with E-state index in [1.807, 2.05) is 65.8 Å². The SMILES string of the molecule is C=CCC(NC(=O)[C@@H]1C2C(CN1C(=O)[C@@H](NC(=O)OC(C)(C)C)C(C)(C)C)C2(C)C)C(=O)C(=O)NCC(=O)NCc1ccccc1C. The zero-order chi connectivity index (χ0) is 35.5. The van der Waals surface area contributed by atoms with Crippen molar-refractivity contribution in [1.82, 2.24) is 26.2 Å². The number of piperidine rings is 1. The van der Waals surface area contributed by atoms with Gasteiger partial charge in [0.2, 0.25) is 23.5 Å². The van der Waals surface area contributed by atoms with Gasteiger partial charge in [-0.25, -0.2) is 4.79 Å². The largest absolute Gasteiger partial charge is 0.444 e. The maximum atomic E-state index is 14.0. The summed E-state index contributed by atoms with van der Waals surface area (Å²) in [6, 6.07) is 4.37. The van der Waals surface area contributed by atoms with E-state index in [-0.39, 0.29) is 30.2 Å². The van der Waals surface area contributed by atoms with Crippen molar-refractivity contribution in [1.29, 1.82) is 0 Å². The van der Waals surface area contributed by atoms with Crippen LogP contribution in [-0.2, 0) is 35.3 Å². The topological polar surface area (TPSA) is 163 Å². The van der Waals surface area contributed by atoms with Gasteiger partial charge in [-0.2, -0.15) is 0 Å². The molecular formula is C35H51N5O7. The number of Topliss-reactive ketones (excluding diaryl/α,β-unsaturated/α-hetero) is 1. The number of ether oxygens (including phenoxy) is 1. The number of fused-ring (bicyclic) bond motifs is 1. The summed E-state index contributed by atoms with van der Waals surface area (Å²) in [5.74, 6) is -3.60. The summed E-state index contributed by atoms with van der Waals surface area (Å²) < 4.78 is 5.40. The minimum atomic E-state index is -1.26. The van der Waals surface area contributed by atoms with E-state index in [2.05, 4.69) is 27.8 Å². The Morgan fingerprint density at radius 1 is 1.02 bits per heavy atom. The second kappa shape index (κ2) is 14.3. The number of ketones is 1. The molecule has 1 aromatic carbocycles. The maximum absolute atomic E-state index is 14.0. The number of benzene rings is 1. The molecule has 1 aliphatic carbocycles. The Morgan fingerprint density at radius 3 is 2.23 bits per heavy atom. The number of amides is 5. The summed E-state index contributed by atoms with van der Waals surface area (Å²) in [5.41, 5.74) is 0.207. The van der Waals surface area contributed by atoms with Crippen molar-refractivity contribution in [3.8, 4) is 0 Å². The van der Waals surface area contributed by atoms with Crippen molar-refractivity contribution >= 4 is 35.5 Å². The second-order valence-corrected chi connectivity index (χ2v) is 15.2. The number of nitrogens with zero attached hydrogens (tertiary/aromatic N) is 1. The smallest absolute Gasteiger partial charge is 0.408 e. The van der Waals surface area contributed by atoms with E-state index < -0.39 is 71.2 Å². The van der Waals surface area contributed by atoms with Gasteiger partial charge < -0.3 is 30.9 Å². The van der Waals surface area contributed by atoms with E-state index in [9.17, 15) is 28.8 Å². The number of carbonyl (C=O) groups excluding carboxylic acids is 6. The van der Waals surface area contributed by atoms with Crippen LogP contribution in [0.1, 0.15) is 72.9 Å². The molecule has 1 aliphatic heterocycles. The second-order valence-electron chi connectivity index (χ2n) is 15.2. The highest BCUT2D eigenvalue weighted by Gasteiger charge is 2.70. The zero-order valence-electron chi connectivity index (χ0n) is 29.1. The Balaban J connectivity index is 1.70. The van der Waals surface area contributed by atoms with Crippen LogP contribution in [0.25, 0.3) is 0 Å². The lowest BCUT2D eigenvalue weighted by Crippen LogP contribution is -2.60. The molecule has 0 spiro atoms. The highest BCUT2D eigenvalue weighted by molar-refractivity contribution is 6.38. The summed E-state index contributed by atoms with van der Waals surface area (Å²) in [5, 5.41) is 10.4. The first-order valence-electron chi connectivity index (χ1n) is 16.0. The third kappa shape index (κ3) is 9.20. The Hall–Kier alpha value is -4.22. The highest BCUT2D eigenvalue weighted by Crippen LogP contribution is 2.65. The summed E-state index contributed by atoms with van der Waals surface area (Å²) in [7, 11) is 0. The van der Waals surface area contributed by atoms with Crippen LogP contribution in [0.3, 0.4) is 0 Å². The van der Waals surface area contributed by atoms with Crippen molar-refractivity contribution in [2.45, 2.75) is 99.0 Å². The number of aryl methyl sites for hydroxylation is 1. The lowest BCUT2D eigenvalue weighted by molar-refractivity contribution is -0.145. The first-order valence-corrected chi connectivity index (χ1v) is 16.0. The lowest BCUT2D eigenvalue weighted by Gasteiger charge is -2.38. The van der Waals surface area contributed by atoms with Crippen LogP contribution in [-0.4, -0.2) is 77.2 Å². The third-order valence-corrected chi connectivity index (χ3v) is 8.94. The molecule has 12 heteroatoms. The first kappa shape index (κ1) is 37.2. The maximum Gasteiger partial charge on any atom is 0.408 e. The number of nitrogens with one attached hydrogen (secondary N) is 4. The van der Waals surface area contributed by atoms with Crippen molar-refractivity contribution in [3.05, 3.63) is 48.0 Å². The molecule has 47 heavy (non-hydrogen) atoms. The van der Waals surface area contributed by atoms with Gasteiger partial charge in [0, 0.05) is 13.1 Å². The van der Waals surface area contributed by atoms with Gasteiger partial charge in [0.25, 0.3) is 5.91 Å². The van der Waals surface area contributed by atoms with Crippen LogP contribution < -0.4 is 21.3 Å². The monoisotopic (exact) mass is 653 g/mol. The predicted molar refractivity (Wildman–Crippen MR) is 177 cm³/mol. The molecule has 4 N–H and O–H groups in total. The van der Waals surface area contributed by atoms with Crippen molar-refractivity contribution < 1.29 is 33.5 Å². The zero-order valence-corrected chi connectivity index (χ0v) is 29.1. The van der Waals surface area contributed by atoms with Crippen LogP contribution in [0.2, 0.25) is 0 Å². The summed E-state index contributed by atoms with van der Waals surface area (Å²) >= 11 is 0. The Bertz CT molecular complexity index is 1410. The minimum absolute atomic E-state index is 0.0411. The first-order chi connectivity index (χ1) is 21.7. The molecule has 5 amide bonds. The molecule has 1 saturated heterocycles. The van der Waals surface area contributed by atoms with Gasteiger partial charge in [-0.05, 0) is 67.9 Å². The van der Waals surface area contributed by atoms with Crippen LogP contribution >= 0.6 is 0 Å². The number of alkyl carbamates (subject to hydrolysis) is 1. The van der Waals surface area contributed by atoms with E-state index in [4.69, 9.17) is 4.74 Å².